The lowest BCUT2D eigenvalue weighted by Gasteiger charge is -2.21. The summed E-state index contributed by atoms with van der Waals surface area (Å²) in [6.45, 7) is 6.08. The number of hydrogen-bond acceptors (Lipinski definition) is 10. The summed E-state index contributed by atoms with van der Waals surface area (Å²) >= 11 is 0. The van der Waals surface area contributed by atoms with Crippen molar-refractivity contribution in [2.75, 3.05) is 26.3 Å². The number of nitrogens with one attached hydrogen (secondary N) is 1. The molecule has 0 aliphatic carbocycles. The lowest BCUT2D eigenvalue weighted by atomic mass is 10.1. The third-order valence-corrected chi connectivity index (χ3v) is 6.26. The average Bonchev–Trinajstić information content (AvgIpc) is 3.48. The van der Waals surface area contributed by atoms with E-state index in [0.717, 1.165) is 5.52 Å². The first-order valence-corrected chi connectivity index (χ1v) is 12.5. The highest BCUT2D eigenvalue weighted by molar-refractivity contribution is 5.94. The van der Waals surface area contributed by atoms with E-state index in [9.17, 15) is 24.6 Å². The summed E-state index contributed by atoms with van der Waals surface area (Å²) in [5.41, 5.74) is 5.37. The highest BCUT2D eigenvalue weighted by Gasteiger charge is 2.45. The first-order valence-electron chi connectivity index (χ1n) is 12.5. The largest absolute Gasteiger partial charge is 0.505 e. The number of nitrogens with zero attached hydrogens (tertiary/aromatic N) is 3. The fraction of sp³-hybridized carbons (Fsp3) is 0.333. The molecular formula is C27H30N4O8. The summed E-state index contributed by atoms with van der Waals surface area (Å²) < 4.78 is 11.8. The molecule has 1 atom stereocenters. The molecule has 3 N–H and O–H groups in total. The molecule has 206 valence electrons. The van der Waals surface area contributed by atoms with Gasteiger partial charge in [-0.15, -0.1) is 0 Å². The maximum atomic E-state index is 12.3. The number of aliphatic hydroxyl groups excluding tert-OH is 1. The van der Waals surface area contributed by atoms with Crippen molar-refractivity contribution in [3.05, 3.63) is 65.7 Å². The monoisotopic (exact) mass is 538 g/mol. The Labute approximate surface area is 224 Å². The molecule has 0 fully saturated rings. The molecule has 0 saturated carbocycles. The van der Waals surface area contributed by atoms with E-state index in [2.05, 4.69) is 10.5 Å². The minimum atomic E-state index is -2.38. The summed E-state index contributed by atoms with van der Waals surface area (Å²) in [5, 5.41) is 21.6. The number of aliphatic hydroxyl groups is 2. The van der Waals surface area contributed by atoms with E-state index in [1.807, 2.05) is 6.07 Å². The van der Waals surface area contributed by atoms with Crippen LogP contribution in [0.5, 0.6) is 0 Å². The first kappa shape index (κ1) is 27.6. The Kier molecular flexibility index (Phi) is 8.17. The Bertz CT molecular complexity index is 1430. The number of carbonyl (C=O) groups is 3. The first-order chi connectivity index (χ1) is 18.7. The van der Waals surface area contributed by atoms with Crippen LogP contribution >= 0.6 is 0 Å². The number of hydrogen-bond donors (Lipinski definition) is 3. The number of amides is 1. The van der Waals surface area contributed by atoms with Crippen molar-refractivity contribution in [2.24, 2.45) is 0 Å². The van der Waals surface area contributed by atoms with Gasteiger partial charge >= 0.3 is 11.9 Å². The molecule has 1 aromatic heterocycles. The molecule has 1 amide bonds. The predicted molar refractivity (Wildman–Crippen MR) is 139 cm³/mol. The number of imidazole rings is 1. The molecule has 1 aliphatic heterocycles. The van der Waals surface area contributed by atoms with Gasteiger partial charge in [-0.1, -0.05) is 12.1 Å². The van der Waals surface area contributed by atoms with E-state index >= 15 is 0 Å². The lowest BCUT2D eigenvalue weighted by Crippen LogP contribution is -2.38. The summed E-state index contributed by atoms with van der Waals surface area (Å²) in [4.78, 5) is 47.5. The predicted octanol–water partition coefficient (Wildman–Crippen LogP) is 2.45. The Morgan fingerprint density at radius 2 is 1.87 bits per heavy atom. The minimum absolute atomic E-state index is 0.0559. The van der Waals surface area contributed by atoms with Crippen LogP contribution < -0.4 is 5.48 Å². The number of carbonyl (C=O) groups excluding carboxylic acids is 3. The smallest absolute Gasteiger partial charge is 0.338 e. The van der Waals surface area contributed by atoms with Crippen molar-refractivity contribution in [3.63, 3.8) is 0 Å². The van der Waals surface area contributed by atoms with Gasteiger partial charge in [0.25, 0.3) is 11.7 Å². The highest BCUT2D eigenvalue weighted by Crippen LogP contribution is 2.34. The standard InChI is InChI=1S/C27H30N4O8/c1-4-30(5-2)22(32)15-38-23(33)14-27(36)25(34)24(29-39-27)17-8-7-9-19(12-17)31-16-28-20-13-18(10-11-21(20)31)26(35)37-6-3/h7-13,16,29,34,36H,4-6,14-15H2,1-3H3. The quantitative estimate of drug-likeness (QED) is 0.328. The Balaban J connectivity index is 1.52. The second kappa shape index (κ2) is 11.5. The van der Waals surface area contributed by atoms with Gasteiger partial charge in [-0.3, -0.25) is 19.6 Å². The summed E-state index contributed by atoms with van der Waals surface area (Å²) in [5.74, 6) is -4.72. The number of aromatic nitrogens is 2. The normalized spacial score (nSPS) is 16.7. The van der Waals surface area contributed by atoms with E-state index < -0.39 is 36.5 Å². The van der Waals surface area contributed by atoms with Gasteiger partial charge in [0.1, 0.15) is 18.4 Å². The van der Waals surface area contributed by atoms with Crippen LogP contribution in [-0.4, -0.2) is 74.6 Å². The van der Waals surface area contributed by atoms with Crippen LogP contribution in [0.15, 0.2) is 54.6 Å². The van der Waals surface area contributed by atoms with Crippen molar-refractivity contribution >= 4 is 34.6 Å². The molecule has 0 bridgehead atoms. The van der Waals surface area contributed by atoms with Crippen LogP contribution in [0.2, 0.25) is 0 Å². The summed E-state index contributed by atoms with van der Waals surface area (Å²) in [7, 11) is 0. The molecule has 1 aliphatic rings. The zero-order valence-electron chi connectivity index (χ0n) is 21.8. The maximum Gasteiger partial charge on any atom is 0.338 e. The third-order valence-electron chi connectivity index (χ3n) is 6.26. The molecular weight excluding hydrogens is 508 g/mol. The number of rotatable bonds is 10. The van der Waals surface area contributed by atoms with Gasteiger partial charge in [-0.25, -0.2) is 14.6 Å². The minimum Gasteiger partial charge on any atom is -0.505 e. The van der Waals surface area contributed by atoms with Crippen LogP contribution in [0.3, 0.4) is 0 Å². The zero-order valence-corrected chi connectivity index (χ0v) is 21.8. The van der Waals surface area contributed by atoms with E-state index in [-0.39, 0.29) is 18.2 Å². The molecule has 4 rings (SSSR count). The number of esters is 2. The Hall–Kier alpha value is -4.42. The van der Waals surface area contributed by atoms with Crippen LogP contribution in [-0.2, 0) is 23.9 Å². The van der Waals surface area contributed by atoms with Crippen molar-refractivity contribution in [1.29, 1.82) is 0 Å². The number of fused-ring (bicyclic) bond motifs is 1. The van der Waals surface area contributed by atoms with Crippen LogP contribution in [0.4, 0.5) is 0 Å². The maximum absolute atomic E-state index is 12.3. The van der Waals surface area contributed by atoms with E-state index in [0.29, 0.717) is 35.4 Å². The lowest BCUT2D eigenvalue weighted by molar-refractivity contribution is -0.212. The molecule has 12 nitrogen and oxygen atoms in total. The van der Waals surface area contributed by atoms with Gasteiger partial charge in [0.05, 0.1) is 23.2 Å². The fourth-order valence-corrected chi connectivity index (χ4v) is 4.17. The molecule has 2 heterocycles. The van der Waals surface area contributed by atoms with Gasteiger partial charge < -0.3 is 24.6 Å². The van der Waals surface area contributed by atoms with Crippen LogP contribution in [0.25, 0.3) is 22.4 Å². The number of ether oxygens (including phenoxy) is 2. The molecule has 0 spiro atoms. The molecule has 1 unspecified atom stereocenters. The molecule has 2 aromatic carbocycles. The van der Waals surface area contributed by atoms with E-state index in [1.165, 1.54) is 4.90 Å². The van der Waals surface area contributed by atoms with Crippen molar-refractivity contribution < 1.29 is 38.9 Å². The van der Waals surface area contributed by atoms with Gasteiger partial charge in [0.15, 0.2) is 12.4 Å². The molecule has 12 heteroatoms. The zero-order chi connectivity index (χ0) is 28.2. The second-order valence-electron chi connectivity index (χ2n) is 8.70. The average molecular weight is 539 g/mol. The van der Waals surface area contributed by atoms with Gasteiger partial charge in [-0.2, -0.15) is 0 Å². The van der Waals surface area contributed by atoms with Crippen molar-refractivity contribution in [2.45, 2.75) is 33.0 Å². The summed E-state index contributed by atoms with van der Waals surface area (Å²) in [6.07, 6.45) is 0.854. The van der Waals surface area contributed by atoms with E-state index in [4.69, 9.17) is 14.3 Å². The van der Waals surface area contributed by atoms with Crippen LogP contribution in [0, 0.1) is 0 Å². The van der Waals surface area contributed by atoms with Gasteiger partial charge in [0.2, 0.25) is 0 Å². The Morgan fingerprint density at radius 1 is 1.10 bits per heavy atom. The third kappa shape index (κ3) is 5.71. The van der Waals surface area contributed by atoms with E-state index in [1.54, 1.807) is 68.1 Å². The molecule has 0 radical (unpaired) electrons. The number of hydroxylamine groups is 1. The second-order valence-corrected chi connectivity index (χ2v) is 8.70. The van der Waals surface area contributed by atoms with Crippen molar-refractivity contribution in [1.82, 2.24) is 19.9 Å². The summed E-state index contributed by atoms with van der Waals surface area (Å²) in [6, 6.07) is 12.0. The fourth-order valence-electron chi connectivity index (χ4n) is 4.17. The molecule has 39 heavy (non-hydrogen) atoms. The number of benzene rings is 2. The topological polar surface area (TPSA) is 152 Å². The van der Waals surface area contributed by atoms with Crippen LogP contribution in [0.1, 0.15) is 43.1 Å². The highest BCUT2D eigenvalue weighted by atomic mass is 16.8. The number of likely N-dealkylation sites (N-methyl/N-ethyl adjacent to an activating group) is 1. The molecule has 3 aromatic rings. The van der Waals surface area contributed by atoms with Crippen molar-refractivity contribution in [3.8, 4) is 5.69 Å². The van der Waals surface area contributed by atoms with Gasteiger partial charge in [-0.05, 0) is 51.1 Å². The SMILES string of the molecule is CCOC(=O)c1ccc2c(c1)ncn2-c1cccc(C2=C(O)C(O)(CC(=O)OCC(=O)N(CC)CC)ON2)c1. The molecule has 0 saturated heterocycles. The van der Waals surface area contributed by atoms with Gasteiger partial charge in [0, 0.05) is 24.3 Å². The Morgan fingerprint density at radius 3 is 2.59 bits per heavy atom.